The molecule has 7 nitrogen and oxygen atoms in total. The molecule has 2 aliphatic rings. The molecule has 2 aromatic heterocycles. The van der Waals surface area contributed by atoms with Gasteiger partial charge in [0.15, 0.2) is 11.6 Å². The van der Waals surface area contributed by atoms with Gasteiger partial charge in [0.2, 0.25) is 0 Å². The van der Waals surface area contributed by atoms with Gasteiger partial charge in [-0.2, -0.15) is 0 Å². The minimum absolute atomic E-state index is 0.0171. The number of rotatable bonds is 7. The average Bonchev–Trinajstić information content (AvgIpc) is 3.22. The number of alkyl halides is 1. The largest absolute Gasteiger partial charge is 0.394 e. The molecule has 0 unspecified atom stereocenters. The van der Waals surface area contributed by atoms with Crippen LogP contribution < -0.4 is 5.56 Å². The van der Waals surface area contributed by atoms with E-state index in [1.54, 1.807) is 29.9 Å². The molecule has 0 saturated carbocycles. The smallest absolute Gasteiger partial charge is 0.250 e. The van der Waals surface area contributed by atoms with Crippen LogP contribution in [0.2, 0.25) is 0 Å². The highest BCUT2D eigenvalue weighted by atomic mass is 35.5. The standard InChI is InChI=1S/C27H27ClF2N4O3/c1-33-16-20-17-36-27(21(20)13-25(33)35)6-9-34(10-7-27)15-18-2-5-24(31-14-18)26(32-37-11-8-28)19-3-4-22(29)23(30)12-19/h2-5,12-14,16H,6-11,15,17H2,1H3/b32-26+. The highest BCUT2D eigenvalue weighted by Gasteiger charge is 2.43. The minimum atomic E-state index is -0.976. The maximum Gasteiger partial charge on any atom is 0.250 e. The summed E-state index contributed by atoms with van der Waals surface area (Å²) >= 11 is 5.67. The monoisotopic (exact) mass is 528 g/mol. The topological polar surface area (TPSA) is 69.0 Å². The molecule has 3 aromatic rings. The van der Waals surface area contributed by atoms with Gasteiger partial charge in [0, 0.05) is 56.3 Å². The summed E-state index contributed by atoms with van der Waals surface area (Å²) in [4.78, 5) is 24.3. The van der Waals surface area contributed by atoms with Crippen LogP contribution in [0.3, 0.4) is 0 Å². The molecule has 1 fully saturated rings. The van der Waals surface area contributed by atoms with E-state index in [2.05, 4.69) is 15.0 Å². The van der Waals surface area contributed by atoms with Gasteiger partial charge in [-0.25, -0.2) is 8.78 Å². The van der Waals surface area contributed by atoms with Crippen molar-refractivity contribution in [2.24, 2.45) is 12.2 Å². The van der Waals surface area contributed by atoms with Crippen molar-refractivity contribution in [1.29, 1.82) is 0 Å². The summed E-state index contributed by atoms with van der Waals surface area (Å²) in [5.74, 6) is -1.67. The lowest BCUT2D eigenvalue weighted by molar-refractivity contribution is -0.0799. The van der Waals surface area contributed by atoms with Crippen molar-refractivity contribution >= 4 is 17.3 Å². The van der Waals surface area contributed by atoms with Gasteiger partial charge in [0.05, 0.1) is 23.8 Å². The van der Waals surface area contributed by atoms with Gasteiger partial charge in [-0.3, -0.25) is 14.7 Å². The van der Waals surface area contributed by atoms with Crippen molar-refractivity contribution in [2.45, 2.75) is 31.6 Å². The molecule has 10 heteroatoms. The van der Waals surface area contributed by atoms with Gasteiger partial charge in [0.1, 0.15) is 12.3 Å². The Balaban J connectivity index is 1.27. The number of nitrogens with zero attached hydrogens (tertiary/aromatic N) is 4. The first-order valence-electron chi connectivity index (χ1n) is 12.1. The van der Waals surface area contributed by atoms with Crippen LogP contribution in [0.25, 0.3) is 0 Å². The van der Waals surface area contributed by atoms with Crippen LogP contribution in [-0.4, -0.2) is 45.7 Å². The first-order chi connectivity index (χ1) is 17.9. The molecule has 1 spiro atoms. The molecule has 2 aliphatic heterocycles. The van der Waals surface area contributed by atoms with E-state index >= 15 is 0 Å². The zero-order valence-corrected chi connectivity index (χ0v) is 21.2. The third-order valence-electron chi connectivity index (χ3n) is 6.96. The predicted molar refractivity (Wildman–Crippen MR) is 136 cm³/mol. The number of hydrogen-bond acceptors (Lipinski definition) is 6. The second kappa shape index (κ2) is 10.7. The summed E-state index contributed by atoms with van der Waals surface area (Å²) in [6.45, 7) is 3.05. The highest BCUT2D eigenvalue weighted by Crippen LogP contribution is 2.43. The zero-order chi connectivity index (χ0) is 26.0. The highest BCUT2D eigenvalue weighted by molar-refractivity contribution is 6.18. The summed E-state index contributed by atoms with van der Waals surface area (Å²) in [5.41, 5.74) is 3.83. The summed E-state index contributed by atoms with van der Waals surface area (Å²) < 4.78 is 35.1. The van der Waals surface area contributed by atoms with Gasteiger partial charge in [0.25, 0.3) is 5.56 Å². The molecule has 0 atom stereocenters. The molecule has 5 rings (SSSR count). The van der Waals surface area contributed by atoms with Crippen LogP contribution in [-0.2, 0) is 35.4 Å². The van der Waals surface area contributed by atoms with Crippen LogP contribution in [0.5, 0.6) is 0 Å². The van der Waals surface area contributed by atoms with Crippen molar-refractivity contribution < 1.29 is 18.4 Å². The van der Waals surface area contributed by atoms with Crippen molar-refractivity contribution in [1.82, 2.24) is 14.5 Å². The van der Waals surface area contributed by atoms with E-state index in [-0.39, 0.29) is 23.6 Å². The molecular formula is C27H27ClF2N4O3. The molecule has 4 heterocycles. The van der Waals surface area contributed by atoms with Gasteiger partial charge < -0.3 is 14.1 Å². The van der Waals surface area contributed by atoms with E-state index in [4.69, 9.17) is 21.2 Å². The maximum atomic E-state index is 13.9. The Labute approximate surface area is 218 Å². The van der Waals surface area contributed by atoms with Crippen molar-refractivity contribution in [3.8, 4) is 0 Å². The number of fused-ring (bicyclic) bond motifs is 2. The second-order valence-corrected chi connectivity index (χ2v) is 9.74. The first kappa shape index (κ1) is 25.5. The lowest BCUT2D eigenvalue weighted by atomic mass is 9.84. The molecule has 0 amide bonds. The van der Waals surface area contributed by atoms with E-state index in [9.17, 15) is 13.6 Å². The lowest BCUT2D eigenvalue weighted by Crippen LogP contribution is -2.42. The summed E-state index contributed by atoms with van der Waals surface area (Å²) in [5, 5.41) is 4.07. The van der Waals surface area contributed by atoms with E-state index in [1.807, 2.05) is 12.3 Å². The molecule has 0 N–H and O–H groups in total. The number of piperidine rings is 1. The molecule has 0 bridgehead atoms. The number of aryl methyl sites for hydroxylation is 1. The second-order valence-electron chi connectivity index (χ2n) is 9.36. The fourth-order valence-electron chi connectivity index (χ4n) is 4.96. The summed E-state index contributed by atoms with van der Waals surface area (Å²) in [7, 11) is 1.76. The van der Waals surface area contributed by atoms with E-state index in [0.717, 1.165) is 54.8 Å². The average molecular weight is 529 g/mol. The van der Waals surface area contributed by atoms with Crippen LogP contribution in [0.4, 0.5) is 8.78 Å². The van der Waals surface area contributed by atoms with E-state index in [1.165, 1.54) is 6.07 Å². The van der Waals surface area contributed by atoms with Gasteiger partial charge in [-0.15, -0.1) is 11.6 Å². The van der Waals surface area contributed by atoms with Gasteiger partial charge >= 0.3 is 0 Å². The molecular weight excluding hydrogens is 502 g/mol. The van der Waals surface area contributed by atoms with Crippen molar-refractivity contribution in [2.75, 3.05) is 25.6 Å². The molecule has 1 aromatic carbocycles. The maximum absolute atomic E-state index is 13.9. The Morgan fingerprint density at radius 2 is 2.00 bits per heavy atom. The number of likely N-dealkylation sites (tertiary alicyclic amines) is 1. The number of oxime groups is 1. The Kier molecular flexibility index (Phi) is 7.37. The third-order valence-corrected chi connectivity index (χ3v) is 7.11. The van der Waals surface area contributed by atoms with Crippen LogP contribution in [0.1, 0.15) is 40.8 Å². The molecule has 0 aliphatic carbocycles. The van der Waals surface area contributed by atoms with E-state index < -0.39 is 11.6 Å². The van der Waals surface area contributed by atoms with Crippen LogP contribution >= 0.6 is 11.6 Å². The number of hydrogen-bond donors (Lipinski definition) is 0. The fourth-order valence-corrected chi connectivity index (χ4v) is 5.02. The fraction of sp³-hybridized carbons (Fsp3) is 0.370. The number of pyridine rings is 2. The first-order valence-corrected chi connectivity index (χ1v) is 12.6. The van der Waals surface area contributed by atoms with Gasteiger partial charge in [-0.05, 0) is 48.2 Å². The molecule has 37 heavy (non-hydrogen) atoms. The quantitative estimate of drug-likeness (QED) is 0.200. The summed E-state index contributed by atoms with van der Waals surface area (Å²) in [6, 6.07) is 8.99. The normalized spacial score (nSPS) is 17.2. The Morgan fingerprint density at radius 3 is 2.70 bits per heavy atom. The molecule has 0 radical (unpaired) electrons. The minimum Gasteiger partial charge on any atom is -0.394 e. The SMILES string of the molecule is Cn1cc2c(cc1=O)C1(CCN(Cc3ccc(/C(=N/OCCCl)c4ccc(F)c(F)c4)nc3)CC1)OC2. The zero-order valence-electron chi connectivity index (χ0n) is 20.4. The third kappa shape index (κ3) is 5.30. The Morgan fingerprint density at radius 1 is 1.19 bits per heavy atom. The van der Waals surface area contributed by atoms with Crippen molar-refractivity contribution in [3.63, 3.8) is 0 Å². The number of aromatic nitrogens is 2. The predicted octanol–water partition coefficient (Wildman–Crippen LogP) is 4.09. The van der Waals surface area contributed by atoms with Gasteiger partial charge in [-0.1, -0.05) is 11.2 Å². The Bertz CT molecular complexity index is 1370. The Hall–Kier alpha value is -3.14. The molecule has 194 valence electrons. The summed E-state index contributed by atoms with van der Waals surface area (Å²) in [6.07, 6.45) is 5.25. The number of halogens is 3. The molecule has 1 saturated heterocycles. The van der Waals surface area contributed by atoms with Crippen LogP contribution in [0, 0.1) is 11.6 Å². The van der Waals surface area contributed by atoms with E-state index in [0.29, 0.717) is 30.1 Å². The lowest BCUT2D eigenvalue weighted by Gasteiger charge is -2.39. The van der Waals surface area contributed by atoms with Crippen LogP contribution in [0.15, 0.2) is 58.7 Å². The number of benzene rings is 1. The van der Waals surface area contributed by atoms with Crippen molar-refractivity contribution in [3.05, 3.63) is 98.7 Å². The number of ether oxygens (including phenoxy) is 1.